The van der Waals surface area contributed by atoms with Gasteiger partial charge in [-0.15, -0.1) is 0 Å². The van der Waals surface area contributed by atoms with Crippen molar-refractivity contribution in [2.45, 2.75) is 180 Å². The van der Waals surface area contributed by atoms with Gasteiger partial charge in [-0.1, -0.05) is 134 Å². The maximum absolute atomic E-state index is 12.5. The van der Waals surface area contributed by atoms with E-state index in [1.165, 1.54) is 77.0 Å². The maximum Gasteiger partial charge on any atom is 0.306 e. The van der Waals surface area contributed by atoms with Crippen molar-refractivity contribution in [1.82, 2.24) is 0 Å². The number of allylic oxidation sites excluding steroid dienone is 4. The average Bonchev–Trinajstić information content (AvgIpc) is 3.05. The molecule has 2 atom stereocenters. The van der Waals surface area contributed by atoms with Crippen LogP contribution in [0.1, 0.15) is 168 Å². The highest BCUT2D eigenvalue weighted by Crippen LogP contribution is 2.13. The first-order chi connectivity index (χ1) is 23.6. The maximum atomic E-state index is 12.5. The van der Waals surface area contributed by atoms with Crippen LogP contribution in [-0.4, -0.2) is 75.5 Å². The molecule has 0 heterocycles. The van der Waals surface area contributed by atoms with E-state index in [2.05, 4.69) is 38.2 Å². The van der Waals surface area contributed by atoms with Gasteiger partial charge in [0.1, 0.15) is 12.6 Å². The Kier molecular flexibility index (Phi) is 31.5. The molecule has 0 aromatic heterocycles. The third kappa shape index (κ3) is 31.5. The third-order valence-corrected chi connectivity index (χ3v) is 8.87. The van der Waals surface area contributed by atoms with E-state index in [4.69, 9.17) is 14.2 Å². The molecular formula is C41H75NO7. The molecule has 0 aromatic carbocycles. The Morgan fingerprint density at radius 3 is 1.53 bits per heavy atom. The summed E-state index contributed by atoms with van der Waals surface area (Å²) in [6.07, 6.45) is 33.6. The lowest BCUT2D eigenvalue weighted by Gasteiger charge is -2.34. The van der Waals surface area contributed by atoms with E-state index in [-0.39, 0.29) is 42.7 Å². The zero-order chi connectivity index (χ0) is 36.4. The molecule has 8 nitrogen and oxygen atoms in total. The summed E-state index contributed by atoms with van der Waals surface area (Å²) in [5.74, 6) is -1.76. The molecule has 49 heavy (non-hydrogen) atoms. The quantitative estimate of drug-likeness (QED) is 0.0283. The number of aliphatic carboxylic acids is 1. The van der Waals surface area contributed by atoms with Crippen LogP contribution in [0.15, 0.2) is 24.3 Å². The molecule has 0 aromatic rings. The van der Waals surface area contributed by atoms with Crippen molar-refractivity contribution < 1.29 is 38.2 Å². The highest BCUT2D eigenvalue weighted by atomic mass is 16.6. The molecule has 0 N–H and O–H groups in total. The summed E-state index contributed by atoms with van der Waals surface area (Å²) in [6.45, 7) is 4.59. The van der Waals surface area contributed by atoms with Gasteiger partial charge in [-0.3, -0.25) is 9.59 Å². The topological polar surface area (TPSA) is 102 Å². The number of nitrogens with zero attached hydrogens (tertiary/aromatic N) is 1. The summed E-state index contributed by atoms with van der Waals surface area (Å²) in [5, 5.41) is 11.6. The standard InChI is InChI=1S/C41H75NO7/c1-6-8-10-12-14-15-16-17-18-19-20-21-22-23-24-26-27-29-31-39(43)48-36-37(35-47-34-33-38(41(45)46)42(3,4)5)49-40(44)32-30-28-25-13-11-9-7-2/h18-21,37-38H,6-17,22-36H2,1-5H3/b19-18+,21-20+. The summed E-state index contributed by atoms with van der Waals surface area (Å²) in [7, 11) is 5.39. The third-order valence-electron chi connectivity index (χ3n) is 8.87. The number of hydrogen-bond donors (Lipinski definition) is 0. The summed E-state index contributed by atoms with van der Waals surface area (Å²) >= 11 is 0. The van der Waals surface area contributed by atoms with E-state index in [0.717, 1.165) is 57.8 Å². The number of carboxylic acid groups (broad SMARTS) is 1. The fourth-order valence-electron chi connectivity index (χ4n) is 5.71. The molecule has 0 amide bonds. The van der Waals surface area contributed by atoms with Gasteiger partial charge in [-0.2, -0.15) is 0 Å². The molecule has 0 spiro atoms. The largest absolute Gasteiger partial charge is 0.544 e. The summed E-state index contributed by atoms with van der Waals surface area (Å²) in [4.78, 5) is 36.5. The van der Waals surface area contributed by atoms with Crippen molar-refractivity contribution in [3.05, 3.63) is 24.3 Å². The smallest absolute Gasteiger partial charge is 0.306 e. The molecule has 0 saturated carbocycles. The van der Waals surface area contributed by atoms with E-state index in [1.54, 1.807) is 21.1 Å². The lowest BCUT2D eigenvalue weighted by molar-refractivity contribution is -0.889. The van der Waals surface area contributed by atoms with Gasteiger partial charge in [-0.25, -0.2) is 0 Å². The van der Waals surface area contributed by atoms with Crippen LogP contribution < -0.4 is 5.11 Å². The normalized spacial score (nSPS) is 13.2. The van der Waals surface area contributed by atoms with Crippen molar-refractivity contribution in [2.75, 3.05) is 41.0 Å². The van der Waals surface area contributed by atoms with Gasteiger partial charge in [0.05, 0.1) is 40.3 Å². The summed E-state index contributed by atoms with van der Waals surface area (Å²) in [5.41, 5.74) is 0. The van der Waals surface area contributed by atoms with Gasteiger partial charge in [0, 0.05) is 19.3 Å². The van der Waals surface area contributed by atoms with E-state index < -0.39 is 18.1 Å². The first-order valence-electron chi connectivity index (χ1n) is 19.9. The Bertz CT molecular complexity index is 864. The number of ether oxygens (including phenoxy) is 3. The predicted octanol–water partition coefficient (Wildman–Crippen LogP) is 8.80. The predicted molar refractivity (Wildman–Crippen MR) is 199 cm³/mol. The highest BCUT2D eigenvalue weighted by molar-refractivity contribution is 5.70. The summed E-state index contributed by atoms with van der Waals surface area (Å²) in [6, 6.07) is -0.723. The number of quaternary nitrogens is 1. The Balaban J connectivity index is 4.29. The van der Waals surface area contributed by atoms with Crippen LogP contribution >= 0.6 is 0 Å². The number of rotatable bonds is 35. The zero-order valence-electron chi connectivity index (χ0n) is 32.4. The van der Waals surface area contributed by atoms with Crippen molar-refractivity contribution in [2.24, 2.45) is 0 Å². The number of unbranched alkanes of at least 4 members (excludes halogenated alkanes) is 18. The van der Waals surface area contributed by atoms with E-state index in [0.29, 0.717) is 12.8 Å². The minimum atomic E-state index is -1.13. The molecule has 2 unspecified atom stereocenters. The fourth-order valence-corrected chi connectivity index (χ4v) is 5.71. The van der Waals surface area contributed by atoms with Crippen LogP contribution in [0.3, 0.4) is 0 Å². The molecule has 0 bridgehead atoms. The second-order valence-corrected chi connectivity index (χ2v) is 14.6. The molecule has 0 aliphatic heterocycles. The van der Waals surface area contributed by atoms with Gasteiger partial charge in [-0.05, 0) is 38.5 Å². The molecule has 0 aliphatic rings. The second-order valence-electron chi connectivity index (χ2n) is 14.6. The van der Waals surface area contributed by atoms with Crippen LogP contribution in [-0.2, 0) is 28.6 Å². The van der Waals surface area contributed by atoms with Gasteiger partial charge < -0.3 is 28.6 Å². The fraction of sp³-hybridized carbons (Fsp3) is 0.829. The molecule has 0 radical (unpaired) electrons. The number of esters is 2. The van der Waals surface area contributed by atoms with Crippen molar-refractivity contribution in [3.63, 3.8) is 0 Å². The lowest BCUT2D eigenvalue weighted by atomic mass is 10.1. The van der Waals surface area contributed by atoms with Gasteiger partial charge in [0.15, 0.2) is 6.10 Å². The molecule has 0 fully saturated rings. The molecule has 0 saturated heterocycles. The highest BCUT2D eigenvalue weighted by Gasteiger charge is 2.25. The van der Waals surface area contributed by atoms with Crippen molar-refractivity contribution in [3.8, 4) is 0 Å². The SMILES string of the molecule is CCCCCCCCC/C=C/C=C/CCCCCCCC(=O)OCC(COCCC(C(=O)[O-])[N+](C)(C)C)OC(=O)CCCCCCCCC. The van der Waals surface area contributed by atoms with Crippen LogP contribution in [0, 0.1) is 0 Å². The van der Waals surface area contributed by atoms with Crippen molar-refractivity contribution in [1.29, 1.82) is 0 Å². The minimum absolute atomic E-state index is 0.0381. The number of carboxylic acids is 1. The summed E-state index contributed by atoms with van der Waals surface area (Å²) < 4.78 is 17.0. The van der Waals surface area contributed by atoms with E-state index in [9.17, 15) is 19.5 Å². The second kappa shape index (κ2) is 33.0. The van der Waals surface area contributed by atoms with E-state index >= 15 is 0 Å². The van der Waals surface area contributed by atoms with Crippen LogP contribution in [0.25, 0.3) is 0 Å². The van der Waals surface area contributed by atoms with Crippen LogP contribution in [0.5, 0.6) is 0 Å². The van der Waals surface area contributed by atoms with Gasteiger partial charge in [0.2, 0.25) is 0 Å². The van der Waals surface area contributed by atoms with Crippen molar-refractivity contribution >= 4 is 17.9 Å². The van der Waals surface area contributed by atoms with Gasteiger partial charge >= 0.3 is 11.9 Å². The first-order valence-corrected chi connectivity index (χ1v) is 19.9. The number of likely N-dealkylation sites (N-methyl/N-ethyl adjacent to an activating group) is 1. The molecule has 286 valence electrons. The molecular weight excluding hydrogens is 618 g/mol. The van der Waals surface area contributed by atoms with Crippen LogP contribution in [0.2, 0.25) is 0 Å². The Hall–Kier alpha value is -2.19. The molecule has 8 heteroatoms. The number of carbonyl (C=O) groups is 3. The van der Waals surface area contributed by atoms with E-state index in [1.807, 2.05) is 0 Å². The number of carbonyl (C=O) groups excluding carboxylic acids is 3. The Morgan fingerprint density at radius 2 is 1.06 bits per heavy atom. The Labute approximate surface area is 301 Å². The minimum Gasteiger partial charge on any atom is -0.544 e. The average molecular weight is 694 g/mol. The van der Waals surface area contributed by atoms with Crippen LogP contribution in [0.4, 0.5) is 0 Å². The number of hydrogen-bond acceptors (Lipinski definition) is 7. The first kappa shape index (κ1) is 46.8. The molecule has 0 aliphatic carbocycles. The zero-order valence-corrected chi connectivity index (χ0v) is 32.4. The lowest BCUT2D eigenvalue weighted by Crippen LogP contribution is -2.55. The monoisotopic (exact) mass is 694 g/mol. The van der Waals surface area contributed by atoms with Gasteiger partial charge in [0.25, 0.3) is 0 Å². The molecule has 0 rings (SSSR count). The Morgan fingerprint density at radius 1 is 0.612 bits per heavy atom.